The van der Waals surface area contributed by atoms with Gasteiger partial charge in [-0.25, -0.2) is 4.68 Å². The summed E-state index contributed by atoms with van der Waals surface area (Å²) < 4.78 is 7.68. The first-order valence-corrected chi connectivity index (χ1v) is 7.61. The number of methoxy groups -OCH3 is 1. The standard InChI is InChI=1S/C15H18BrN3O2/c1-3-4-9-19-14(7-8-17-19)18-15(20)12-10-11(21-2)5-6-13(12)16/h5-8,10H,3-4,9H2,1-2H3,(H,18,20). The molecule has 0 aliphatic heterocycles. The zero-order valence-corrected chi connectivity index (χ0v) is 13.7. The van der Waals surface area contributed by atoms with Crippen molar-refractivity contribution in [1.29, 1.82) is 0 Å². The minimum Gasteiger partial charge on any atom is -0.497 e. The molecule has 0 aliphatic carbocycles. The molecule has 0 atom stereocenters. The number of hydrogen-bond acceptors (Lipinski definition) is 3. The summed E-state index contributed by atoms with van der Waals surface area (Å²) in [6, 6.07) is 7.09. The minimum atomic E-state index is -0.195. The zero-order chi connectivity index (χ0) is 15.2. The molecule has 1 heterocycles. The Hall–Kier alpha value is -1.82. The summed E-state index contributed by atoms with van der Waals surface area (Å²) in [5, 5.41) is 7.11. The fourth-order valence-electron chi connectivity index (χ4n) is 1.91. The number of aromatic nitrogens is 2. The van der Waals surface area contributed by atoms with Gasteiger partial charge >= 0.3 is 0 Å². The molecule has 6 heteroatoms. The zero-order valence-electron chi connectivity index (χ0n) is 12.1. The van der Waals surface area contributed by atoms with Gasteiger partial charge in [0.15, 0.2) is 0 Å². The number of rotatable bonds is 6. The summed E-state index contributed by atoms with van der Waals surface area (Å²) in [4.78, 5) is 12.4. The number of hydrogen-bond donors (Lipinski definition) is 1. The second-order valence-electron chi connectivity index (χ2n) is 4.59. The molecule has 0 saturated heterocycles. The number of anilines is 1. The first-order valence-electron chi connectivity index (χ1n) is 6.82. The van der Waals surface area contributed by atoms with Crippen LogP contribution in [0.15, 0.2) is 34.9 Å². The number of halogens is 1. The van der Waals surface area contributed by atoms with E-state index in [2.05, 4.69) is 33.3 Å². The largest absolute Gasteiger partial charge is 0.497 e. The topological polar surface area (TPSA) is 56.2 Å². The van der Waals surface area contributed by atoms with Gasteiger partial charge in [0.1, 0.15) is 11.6 Å². The summed E-state index contributed by atoms with van der Waals surface area (Å²) in [5.41, 5.74) is 0.526. The summed E-state index contributed by atoms with van der Waals surface area (Å²) in [5.74, 6) is 1.14. The molecule has 0 radical (unpaired) electrons. The average molecular weight is 352 g/mol. The Bertz CT molecular complexity index is 625. The summed E-state index contributed by atoms with van der Waals surface area (Å²) in [6.07, 6.45) is 3.79. The third-order valence-corrected chi connectivity index (χ3v) is 3.79. The monoisotopic (exact) mass is 351 g/mol. The van der Waals surface area contributed by atoms with E-state index in [1.807, 2.05) is 0 Å². The summed E-state index contributed by atoms with van der Waals surface area (Å²) in [6.45, 7) is 2.91. The van der Waals surface area contributed by atoms with Crippen molar-refractivity contribution in [2.45, 2.75) is 26.3 Å². The molecule has 1 amide bonds. The van der Waals surface area contributed by atoms with Crippen molar-refractivity contribution in [3.63, 3.8) is 0 Å². The molecule has 1 aromatic carbocycles. The Morgan fingerprint density at radius 3 is 2.95 bits per heavy atom. The molecular weight excluding hydrogens is 334 g/mol. The van der Waals surface area contributed by atoms with Crippen LogP contribution in [0, 0.1) is 0 Å². The van der Waals surface area contributed by atoms with E-state index in [0.717, 1.165) is 23.9 Å². The lowest BCUT2D eigenvalue weighted by Crippen LogP contribution is -2.16. The van der Waals surface area contributed by atoms with E-state index in [1.165, 1.54) is 0 Å². The van der Waals surface area contributed by atoms with Gasteiger partial charge < -0.3 is 10.1 Å². The van der Waals surface area contributed by atoms with Gasteiger partial charge in [0, 0.05) is 17.1 Å². The van der Waals surface area contributed by atoms with E-state index in [-0.39, 0.29) is 5.91 Å². The van der Waals surface area contributed by atoms with Crippen molar-refractivity contribution < 1.29 is 9.53 Å². The fraction of sp³-hybridized carbons (Fsp3) is 0.333. The number of carbonyl (C=O) groups excluding carboxylic acids is 1. The van der Waals surface area contributed by atoms with E-state index >= 15 is 0 Å². The van der Waals surface area contributed by atoms with E-state index in [9.17, 15) is 4.79 Å². The normalized spacial score (nSPS) is 10.4. The molecule has 0 aliphatic rings. The second-order valence-corrected chi connectivity index (χ2v) is 5.45. The fourth-order valence-corrected chi connectivity index (χ4v) is 2.34. The quantitative estimate of drug-likeness (QED) is 0.862. The van der Waals surface area contributed by atoms with Gasteiger partial charge in [-0.2, -0.15) is 5.10 Å². The molecule has 1 N–H and O–H groups in total. The van der Waals surface area contributed by atoms with Gasteiger partial charge in [-0.15, -0.1) is 0 Å². The second kappa shape index (κ2) is 7.26. The Kier molecular flexibility index (Phi) is 5.38. The number of benzene rings is 1. The molecule has 0 saturated carbocycles. The molecular formula is C15H18BrN3O2. The van der Waals surface area contributed by atoms with Crippen LogP contribution in [-0.2, 0) is 6.54 Å². The molecule has 5 nitrogen and oxygen atoms in total. The molecule has 1 aromatic heterocycles. The van der Waals surface area contributed by atoms with Crippen LogP contribution in [-0.4, -0.2) is 22.8 Å². The van der Waals surface area contributed by atoms with E-state index in [4.69, 9.17) is 4.74 Å². The number of amides is 1. The molecule has 0 fully saturated rings. The van der Waals surface area contributed by atoms with Crippen molar-refractivity contribution in [2.24, 2.45) is 0 Å². The lowest BCUT2D eigenvalue weighted by molar-refractivity contribution is 0.102. The molecule has 0 unspecified atom stereocenters. The molecule has 112 valence electrons. The highest BCUT2D eigenvalue weighted by atomic mass is 79.9. The van der Waals surface area contributed by atoms with Gasteiger partial charge in [-0.3, -0.25) is 4.79 Å². The van der Waals surface area contributed by atoms with Crippen molar-refractivity contribution in [3.05, 3.63) is 40.5 Å². The van der Waals surface area contributed by atoms with Crippen LogP contribution in [0.2, 0.25) is 0 Å². The Balaban J connectivity index is 2.16. The first kappa shape index (κ1) is 15.6. The van der Waals surface area contributed by atoms with Gasteiger partial charge in [0.2, 0.25) is 0 Å². The van der Waals surface area contributed by atoms with Crippen LogP contribution in [0.1, 0.15) is 30.1 Å². The van der Waals surface area contributed by atoms with Gasteiger partial charge in [-0.05, 0) is 40.5 Å². The maximum Gasteiger partial charge on any atom is 0.258 e. The number of unbranched alkanes of at least 4 members (excludes halogenated alkanes) is 1. The van der Waals surface area contributed by atoms with Crippen molar-refractivity contribution in [1.82, 2.24) is 9.78 Å². The molecule has 0 bridgehead atoms. The van der Waals surface area contributed by atoms with Crippen LogP contribution in [0.3, 0.4) is 0 Å². The maximum atomic E-state index is 12.4. The Morgan fingerprint density at radius 1 is 1.43 bits per heavy atom. The predicted molar refractivity (Wildman–Crippen MR) is 85.8 cm³/mol. The summed E-state index contributed by atoms with van der Waals surface area (Å²) >= 11 is 3.39. The molecule has 21 heavy (non-hydrogen) atoms. The van der Waals surface area contributed by atoms with Gasteiger partial charge in [0.25, 0.3) is 5.91 Å². The smallest absolute Gasteiger partial charge is 0.258 e. The first-order chi connectivity index (χ1) is 10.2. The number of nitrogens with one attached hydrogen (secondary N) is 1. The maximum absolute atomic E-state index is 12.4. The number of carbonyl (C=O) groups is 1. The minimum absolute atomic E-state index is 0.195. The molecule has 0 spiro atoms. The summed E-state index contributed by atoms with van der Waals surface area (Å²) in [7, 11) is 1.57. The van der Waals surface area contributed by atoms with Crippen LogP contribution in [0.25, 0.3) is 0 Å². The number of ether oxygens (including phenoxy) is 1. The van der Waals surface area contributed by atoms with Crippen LogP contribution in [0.5, 0.6) is 5.75 Å². The van der Waals surface area contributed by atoms with Gasteiger partial charge in [-0.1, -0.05) is 13.3 Å². The van der Waals surface area contributed by atoms with E-state index < -0.39 is 0 Å². The van der Waals surface area contributed by atoms with E-state index in [1.54, 1.807) is 42.3 Å². The highest BCUT2D eigenvalue weighted by Crippen LogP contribution is 2.23. The lowest BCUT2D eigenvalue weighted by atomic mass is 10.2. The lowest BCUT2D eigenvalue weighted by Gasteiger charge is -2.10. The SMILES string of the molecule is CCCCn1nccc1NC(=O)c1cc(OC)ccc1Br. The van der Waals surface area contributed by atoms with Crippen molar-refractivity contribution in [3.8, 4) is 5.75 Å². The Morgan fingerprint density at radius 2 is 2.24 bits per heavy atom. The highest BCUT2D eigenvalue weighted by molar-refractivity contribution is 9.10. The third kappa shape index (κ3) is 3.85. The van der Waals surface area contributed by atoms with Crippen LogP contribution >= 0.6 is 15.9 Å². The van der Waals surface area contributed by atoms with Crippen molar-refractivity contribution in [2.75, 3.05) is 12.4 Å². The third-order valence-electron chi connectivity index (χ3n) is 3.10. The molecule has 2 rings (SSSR count). The van der Waals surface area contributed by atoms with Crippen LogP contribution < -0.4 is 10.1 Å². The number of nitrogens with zero attached hydrogens (tertiary/aromatic N) is 2. The van der Waals surface area contributed by atoms with Gasteiger partial charge in [0.05, 0.1) is 18.9 Å². The van der Waals surface area contributed by atoms with E-state index in [0.29, 0.717) is 17.1 Å². The Labute approximate surface area is 132 Å². The average Bonchev–Trinajstić information content (AvgIpc) is 2.92. The van der Waals surface area contributed by atoms with Crippen molar-refractivity contribution >= 4 is 27.7 Å². The highest BCUT2D eigenvalue weighted by Gasteiger charge is 2.13. The van der Waals surface area contributed by atoms with Crippen LogP contribution in [0.4, 0.5) is 5.82 Å². The number of aryl methyl sites for hydroxylation is 1. The molecule has 2 aromatic rings. The predicted octanol–water partition coefficient (Wildman–Crippen LogP) is 3.71.